The number of nitrogen functional groups attached to an aromatic ring is 1. The summed E-state index contributed by atoms with van der Waals surface area (Å²) in [6.45, 7) is 3.62. The number of anilines is 2. The summed E-state index contributed by atoms with van der Waals surface area (Å²) in [5, 5.41) is 14.0. The third-order valence-electron chi connectivity index (χ3n) is 4.87. The number of aryl methyl sites for hydroxylation is 1. The van der Waals surface area contributed by atoms with Gasteiger partial charge in [-0.2, -0.15) is 5.10 Å². The number of carboxylic acid groups (broad SMARTS) is 1. The lowest BCUT2D eigenvalue weighted by atomic mass is 10.1. The van der Waals surface area contributed by atoms with E-state index in [-0.39, 0.29) is 5.82 Å². The Morgan fingerprint density at radius 1 is 1.35 bits per heavy atom. The first-order chi connectivity index (χ1) is 12.5. The van der Waals surface area contributed by atoms with Crippen LogP contribution in [0.25, 0.3) is 16.6 Å². The number of nitrogens with two attached hydrogens (primary N) is 1. The molecular formula is C17H19FN6O2. The summed E-state index contributed by atoms with van der Waals surface area (Å²) in [4.78, 5) is 18.8. The van der Waals surface area contributed by atoms with E-state index in [2.05, 4.69) is 10.1 Å². The summed E-state index contributed by atoms with van der Waals surface area (Å²) in [5.74, 6) is -0.389. The van der Waals surface area contributed by atoms with Crippen LogP contribution in [0, 0.1) is 5.82 Å². The Balaban J connectivity index is 1.90. The number of fused-ring (bicyclic) bond motifs is 3. The van der Waals surface area contributed by atoms with Crippen molar-refractivity contribution in [3.05, 3.63) is 29.8 Å². The summed E-state index contributed by atoms with van der Waals surface area (Å²) >= 11 is 0. The Kier molecular flexibility index (Phi) is 3.78. The molecule has 3 aromatic rings. The van der Waals surface area contributed by atoms with Crippen LogP contribution < -0.4 is 10.6 Å². The molecule has 0 unspecified atom stereocenters. The van der Waals surface area contributed by atoms with Crippen molar-refractivity contribution in [2.45, 2.75) is 13.3 Å². The molecule has 0 saturated carbocycles. The molecule has 136 valence electrons. The Morgan fingerprint density at radius 3 is 2.73 bits per heavy atom. The fourth-order valence-corrected chi connectivity index (χ4v) is 3.47. The molecular weight excluding hydrogens is 339 g/mol. The Hall–Kier alpha value is -3.10. The third-order valence-corrected chi connectivity index (χ3v) is 4.87. The molecule has 0 atom stereocenters. The van der Waals surface area contributed by atoms with Crippen molar-refractivity contribution in [1.82, 2.24) is 19.5 Å². The molecule has 1 saturated heterocycles. The lowest BCUT2D eigenvalue weighted by Gasteiger charge is -2.35. The van der Waals surface area contributed by atoms with Crippen LogP contribution in [0.2, 0.25) is 0 Å². The van der Waals surface area contributed by atoms with Gasteiger partial charge in [-0.3, -0.25) is 0 Å². The standard InChI is InChI=1S/C17H19FN6O2/c1-2-11-15(19)13-9-12(22-5-7-23(8-6-22)17(25)26)14-10(18)3-4-20-16(14)24(13)21-11/h3-4,9H,2,5-8,19H2,1H3,(H,25,26). The van der Waals surface area contributed by atoms with Crippen molar-refractivity contribution < 1.29 is 14.3 Å². The van der Waals surface area contributed by atoms with Crippen molar-refractivity contribution in [2.75, 3.05) is 36.8 Å². The van der Waals surface area contributed by atoms with Crippen LogP contribution in [0.15, 0.2) is 18.3 Å². The minimum atomic E-state index is -0.939. The monoisotopic (exact) mass is 358 g/mol. The van der Waals surface area contributed by atoms with Crippen molar-refractivity contribution in [3.63, 3.8) is 0 Å². The van der Waals surface area contributed by atoms with E-state index in [0.717, 1.165) is 5.69 Å². The molecule has 26 heavy (non-hydrogen) atoms. The molecule has 0 spiro atoms. The first kappa shape index (κ1) is 16.4. The highest BCUT2D eigenvalue weighted by Crippen LogP contribution is 2.33. The second-order valence-electron chi connectivity index (χ2n) is 6.29. The van der Waals surface area contributed by atoms with Gasteiger partial charge in [0.05, 0.1) is 28.0 Å². The zero-order valence-corrected chi connectivity index (χ0v) is 14.3. The Labute approximate surface area is 148 Å². The number of aromatic nitrogens is 3. The van der Waals surface area contributed by atoms with Crippen molar-refractivity contribution in [2.24, 2.45) is 0 Å². The second kappa shape index (κ2) is 6.01. The highest BCUT2D eigenvalue weighted by atomic mass is 19.1. The van der Waals surface area contributed by atoms with Gasteiger partial charge in [-0.05, 0) is 18.6 Å². The molecule has 8 nitrogen and oxygen atoms in total. The number of nitrogens with zero attached hydrogens (tertiary/aromatic N) is 5. The Morgan fingerprint density at radius 2 is 2.08 bits per heavy atom. The summed E-state index contributed by atoms with van der Waals surface area (Å²) in [6, 6.07) is 3.14. The molecule has 3 N–H and O–H groups in total. The average molecular weight is 358 g/mol. The number of amides is 1. The van der Waals surface area contributed by atoms with E-state index in [0.29, 0.717) is 60.5 Å². The first-order valence-corrected chi connectivity index (χ1v) is 8.48. The van der Waals surface area contributed by atoms with Gasteiger partial charge in [-0.25, -0.2) is 18.7 Å². The largest absolute Gasteiger partial charge is 0.465 e. The van der Waals surface area contributed by atoms with Gasteiger partial charge in [0.25, 0.3) is 0 Å². The van der Waals surface area contributed by atoms with Gasteiger partial charge in [0.1, 0.15) is 5.82 Å². The van der Waals surface area contributed by atoms with Crippen LogP contribution >= 0.6 is 0 Å². The number of hydrogen-bond donors (Lipinski definition) is 2. The van der Waals surface area contributed by atoms with Crippen LogP contribution in [0.5, 0.6) is 0 Å². The molecule has 0 radical (unpaired) electrons. The highest BCUT2D eigenvalue weighted by Gasteiger charge is 2.25. The summed E-state index contributed by atoms with van der Waals surface area (Å²) in [7, 11) is 0. The number of halogens is 1. The van der Waals surface area contributed by atoms with Gasteiger partial charge in [0.15, 0.2) is 5.65 Å². The molecule has 0 aromatic carbocycles. The van der Waals surface area contributed by atoms with E-state index < -0.39 is 6.09 Å². The van der Waals surface area contributed by atoms with Gasteiger partial charge >= 0.3 is 6.09 Å². The maximum Gasteiger partial charge on any atom is 0.407 e. The fourth-order valence-electron chi connectivity index (χ4n) is 3.47. The first-order valence-electron chi connectivity index (χ1n) is 8.48. The van der Waals surface area contributed by atoms with E-state index in [4.69, 9.17) is 10.8 Å². The lowest BCUT2D eigenvalue weighted by Crippen LogP contribution is -2.48. The fraction of sp³-hybridized carbons (Fsp3) is 0.353. The van der Waals surface area contributed by atoms with E-state index in [1.807, 2.05) is 17.9 Å². The molecule has 1 aliphatic rings. The molecule has 1 amide bonds. The minimum absolute atomic E-state index is 0.360. The number of carbonyl (C=O) groups is 1. The number of hydrogen-bond acceptors (Lipinski definition) is 5. The van der Waals surface area contributed by atoms with Crippen molar-refractivity contribution >= 4 is 34.0 Å². The van der Waals surface area contributed by atoms with Crippen LogP contribution in [-0.4, -0.2) is 56.9 Å². The maximum absolute atomic E-state index is 14.7. The summed E-state index contributed by atoms with van der Waals surface area (Å²) in [6.07, 6.45) is 1.13. The zero-order valence-electron chi connectivity index (χ0n) is 14.3. The molecule has 4 rings (SSSR count). The van der Waals surface area contributed by atoms with E-state index in [1.165, 1.54) is 17.2 Å². The van der Waals surface area contributed by atoms with Gasteiger partial charge in [-0.15, -0.1) is 0 Å². The van der Waals surface area contributed by atoms with Crippen molar-refractivity contribution in [1.29, 1.82) is 0 Å². The number of rotatable bonds is 2. The van der Waals surface area contributed by atoms with Gasteiger partial charge in [0.2, 0.25) is 0 Å². The molecule has 0 bridgehead atoms. The predicted molar refractivity (Wildman–Crippen MR) is 96.1 cm³/mol. The van der Waals surface area contributed by atoms with Crippen LogP contribution in [0.1, 0.15) is 12.6 Å². The predicted octanol–water partition coefficient (Wildman–Crippen LogP) is 1.97. The quantitative estimate of drug-likeness (QED) is 0.726. The molecule has 0 aliphatic carbocycles. The van der Waals surface area contributed by atoms with Gasteiger partial charge in [0, 0.05) is 32.4 Å². The topological polar surface area (TPSA) is 100.0 Å². The van der Waals surface area contributed by atoms with Crippen LogP contribution in [-0.2, 0) is 6.42 Å². The molecule has 9 heteroatoms. The molecule has 4 heterocycles. The van der Waals surface area contributed by atoms with Crippen molar-refractivity contribution in [3.8, 4) is 0 Å². The highest BCUT2D eigenvalue weighted by molar-refractivity contribution is 5.96. The molecule has 1 fully saturated rings. The SMILES string of the molecule is CCc1nn2c(cc(N3CCN(C(=O)O)CC3)c3c(F)ccnc32)c1N. The Bertz CT molecular complexity index is 1010. The summed E-state index contributed by atoms with van der Waals surface area (Å²) < 4.78 is 16.3. The molecule has 3 aromatic heterocycles. The summed E-state index contributed by atoms with van der Waals surface area (Å²) in [5.41, 5.74) is 9.29. The van der Waals surface area contributed by atoms with E-state index >= 15 is 0 Å². The lowest BCUT2D eigenvalue weighted by molar-refractivity contribution is 0.142. The van der Waals surface area contributed by atoms with Gasteiger partial charge in [-0.1, -0.05) is 6.92 Å². The zero-order chi connectivity index (χ0) is 18.4. The normalized spacial score (nSPS) is 15.2. The average Bonchev–Trinajstić information content (AvgIpc) is 2.97. The minimum Gasteiger partial charge on any atom is -0.465 e. The third kappa shape index (κ3) is 2.39. The van der Waals surface area contributed by atoms with Crippen LogP contribution in [0.3, 0.4) is 0 Å². The number of piperazine rings is 1. The molecule has 1 aliphatic heterocycles. The maximum atomic E-state index is 14.7. The second-order valence-corrected chi connectivity index (χ2v) is 6.29. The van der Waals surface area contributed by atoms with Gasteiger partial charge < -0.3 is 20.6 Å². The van der Waals surface area contributed by atoms with E-state index in [1.54, 1.807) is 4.52 Å². The smallest absolute Gasteiger partial charge is 0.407 e. The van der Waals surface area contributed by atoms with Crippen LogP contribution in [0.4, 0.5) is 20.6 Å². The number of pyridine rings is 2. The van der Waals surface area contributed by atoms with E-state index in [9.17, 15) is 9.18 Å².